The molecule has 1 unspecified atom stereocenters. The van der Waals surface area contributed by atoms with Crippen LogP contribution < -0.4 is 5.32 Å². The Morgan fingerprint density at radius 3 is 2.63 bits per heavy atom. The summed E-state index contributed by atoms with van der Waals surface area (Å²) in [6.45, 7) is -0.658. The van der Waals surface area contributed by atoms with Crippen molar-refractivity contribution in [2.45, 2.75) is 6.10 Å². The van der Waals surface area contributed by atoms with Gasteiger partial charge in [0.1, 0.15) is 0 Å². The van der Waals surface area contributed by atoms with Crippen LogP contribution in [0.15, 0.2) is 12.1 Å². The first-order chi connectivity index (χ1) is 8.86. The van der Waals surface area contributed by atoms with E-state index in [4.69, 9.17) is 21.8 Å². The number of carboxylic acid groups (broad SMARTS) is 1. The summed E-state index contributed by atoms with van der Waals surface area (Å²) in [6.07, 6.45) is -1.10. The van der Waals surface area contributed by atoms with Crippen LogP contribution in [0.25, 0.3) is 0 Å². The molecule has 0 aliphatic heterocycles. The Hall–Kier alpha value is -1.90. The van der Waals surface area contributed by atoms with E-state index in [2.05, 4.69) is 5.32 Å². The van der Waals surface area contributed by atoms with Gasteiger partial charge < -0.3 is 20.6 Å². The summed E-state index contributed by atoms with van der Waals surface area (Å²) in [6, 6.07) is 1.86. The minimum absolute atomic E-state index is 0.0488. The topological polar surface area (TPSA) is 133 Å². The highest BCUT2D eigenvalue weighted by Crippen LogP contribution is 2.31. The first kappa shape index (κ1) is 15.2. The quantitative estimate of drug-likeness (QED) is 0.448. The standard InChI is InChI=1S/C10H11ClN2O6/c11-8-2-5(13(18)19)1-7(10(16)17)9(8)12-3-6(15)4-14/h1-2,6,12,14-15H,3-4H2,(H,16,17). The fourth-order valence-electron chi connectivity index (χ4n) is 1.33. The lowest BCUT2D eigenvalue weighted by Crippen LogP contribution is -2.24. The van der Waals surface area contributed by atoms with Crippen LogP contribution in [-0.2, 0) is 0 Å². The van der Waals surface area contributed by atoms with Crippen LogP contribution >= 0.6 is 11.6 Å². The van der Waals surface area contributed by atoms with Crippen molar-refractivity contribution in [1.82, 2.24) is 0 Å². The summed E-state index contributed by atoms with van der Waals surface area (Å²) < 4.78 is 0. The third-order valence-electron chi connectivity index (χ3n) is 2.24. The van der Waals surface area contributed by atoms with Crippen molar-refractivity contribution in [2.75, 3.05) is 18.5 Å². The average molecular weight is 291 g/mol. The zero-order valence-electron chi connectivity index (χ0n) is 9.54. The Labute approximate surface area is 112 Å². The largest absolute Gasteiger partial charge is 0.478 e. The van der Waals surface area contributed by atoms with Gasteiger partial charge in [-0.15, -0.1) is 0 Å². The number of nitrogens with one attached hydrogen (secondary N) is 1. The summed E-state index contributed by atoms with van der Waals surface area (Å²) >= 11 is 5.77. The summed E-state index contributed by atoms with van der Waals surface area (Å²) in [7, 11) is 0. The van der Waals surface area contributed by atoms with Crippen molar-refractivity contribution < 1.29 is 25.0 Å². The molecule has 8 nitrogen and oxygen atoms in total. The van der Waals surface area contributed by atoms with E-state index in [1.54, 1.807) is 0 Å². The molecule has 4 N–H and O–H groups in total. The normalized spacial score (nSPS) is 11.9. The van der Waals surface area contributed by atoms with Gasteiger partial charge in [0.15, 0.2) is 0 Å². The van der Waals surface area contributed by atoms with Crippen molar-refractivity contribution in [3.05, 3.63) is 32.8 Å². The fourth-order valence-corrected chi connectivity index (χ4v) is 1.61. The van der Waals surface area contributed by atoms with Gasteiger partial charge in [0.25, 0.3) is 5.69 Å². The van der Waals surface area contributed by atoms with Crippen LogP contribution in [0, 0.1) is 10.1 Å². The highest BCUT2D eigenvalue weighted by molar-refractivity contribution is 6.34. The molecular weight excluding hydrogens is 280 g/mol. The van der Waals surface area contributed by atoms with Crippen LogP contribution in [0.2, 0.25) is 5.02 Å². The monoisotopic (exact) mass is 290 g/mol. The molecule has 0 fully saturated rings. The first-order valence-corrected chi connectivity index (χ1v) is 5.48. The minimum atomic E-state index is -1.40. The Kier molecular flexibility index (Phi) is 5.04. The SMILES string of the molecule is O=C(O)c1cc([N+](=O)[O-])cc(Cl)c1NCC(O)CO. The van der Waals surface area contributed by atoms with Gasteiger partial charge in [-0.3, -0.25) is 10.1 Å². The number of carboxylic acids is 1. The second-order valence-corrected chi connectivity index (χ2v) is 4.04. The van der Waals surface area contributed by atoms with E-state index in [1.807, 2.05) is 0 Å². The molecule has 0 aliphatic carbocycles. The number of rotatable bonds is 6. The summed E-state index contributed by atoms with van der Waals surface area (Å²) in [4.78, 5) is 20.9. The number of nitrogens with zero attached hydrogens (tertiary/aromatic N) is 1. The Balaban J connectivity index is 3.15. The average Bonchev–Trinajstić information content (AvgIpc) is 2.35. The van der Waals surface area contributed by atoms with Gasteiger partial charge >= 0.3 is 5.97 Å². The van der Waals surface area contributed by atoms with Gasteiger partial charge in [-0.1, -0.05) is 11.6 Å². The predicted molar refractivity (Wildman–Crippen MR) is 66.6 cm³/mol. The van der Waals surface area contributed by atoms with Crippen molar-refractivity contribution in [3.8, 4) is 0 Å². The van der Waals surface area contributed by atoms with Crippen LogP contribution in [-0.4, -0.2) is 45.5 Å². The number of non-ortho nitro benzene ring substituents is 1. The molecule has 0 heterocycles. The number of halogens is 1. The number of nitro benzene ring substituents is 1. The second-order valence-electron chi connectivity index (χ2n) is 3.63. The lowest BCUT2D eigenvalue weighted by Gasteiger charge is -2.13. The minimum Gasteiger partial charge on any atom is -0.478 e. The maximum atomic E-state index is 11.0. The molecule has 1 aromatic rings. The van der Waals surface area contributed by atoms with Gasteiger partial charge in [0.2, 0.25) is 0 Å². The number of aromatic carboxylic acids is 1. The predicted octanol–water partition coefficient (Wildman–Crippen LogP) is 0.711. The lowest BCUT2D eigenvalue weighted by atomic mass is 10.1. The molecule has 9 heteroatoms. The van der Waals surface area contributed by atoms with E-state index < -0.39 is 29.3 Å². The molecule has 0 spiro atoms. The first-order valence-electron chi connectivity index (χ1n) is 5.10. The number of benzene rings is 1. The van der Waals surface area contributed by atoms with Crippen LogP contribution in [0.3, 0.4) is 0 Å². The number of hydrogen-bond acceptors (Lipinski definition) is 6. The van der Waals surface area contributed by atoms with Gasteiger partial charge in [0, 0.05) is 18.7 Å². The van der Waals surface area contributed by atoms with Crippen molar-refractivity contribution in [3.63, 3.8) is 0 Å². The van der Waals surface area contributed by atoms with E-state index in [9.17, 15) is 20.0 Å². The Bertz CT molecular complexity index is 507. The Morgan fingerprint density at radius 2 is 2.16 bits per heavy atom. The van der Waals surface area contributed by atoms with Crippen molar-refractivity contribution >= 4 is 28.9 Å². The maximum absolute atomic E-state index is 11.0. The number of carbonyl (C=O) groups is 1. The zero-order chi connectivity index (χ0) is 14.6. The number of nitro groups is 1. The third-order valence-corrected chi connectivity index (χ3v) is 2.54. The van der Waals surface area contributed by atoms with Gasteiger partial charge in [-0.25, -0.2) is 4.79 Å². The van der Waals surface area contributed by atoms with E-state index in [0.29, 0.717) is 0 Å². The van der Waals surface area contributed by atoms with Crippen LogP contribution in [0.1, 0.15) is 10.4 Å². The molecule has 1 aromatic carbocycles. The molecule has 1 atom stereocenters. The van der Waals surface area contributed by atoms with Crippen LogP contribution in [0.5, 0.6) is 0 Å². The molecule has 0 saturated carbocycles. The molecule has 0 amide bonds. The van der Waals surface area contributed by atoms with E-state index in [-0.39, 0.29) is 22.8 Å². The molecule has 0 aromatic heterocycles. The van der Waals surface area contributed by atoms with Gasteiger partial charge in [-0.05, 0) is 0 Å². The molecule has 1 rings (SSSR count). The number of aliphatic hydroxyl groups is 2. The molecule has 19 heavy (non-hydrogen) atoms. The molecule has 0 bridgehead atoms. The van der Waals surface area contributed by atoms with Crippen molar-refractivity contribution in [2.24, 2.45) is 0 Å². The lowest BCUT2D eigenvalue weighted by molar-refractivity contribution is -0.384. The third kappa shape index (κ3) is 3.78. The van der Waals surface area contributed by atoms with E-state index >= 15 is 0 Å². The molecule has 0 saturated heterocycles. The molecule has 104 valence electrons. The van der Waals surface area contributed by atoms with Crippen LogP contribution in [0.4, 0.5) is 11.4 Å². The second kappa shape index (κ2) is 6.32. The summed E-state index contributed by atoms with van der Waals surface area (Å²) in [5, 5.41) is 39.8. The van der Waals surface area contributed by atoms with E-state index in [1.165, 1.54) is 0 Å². The number of aliphatic hydroxyl groups excluding tert-OH is 2. The smallest absolute Gasteiger partial charge is 0.338 e. The number of anilines is 1. The highest BCUT2D eigenvalue weighted by Gasteiger charge is 2.20. The van der Waals surface area contributed by atoms with E-state index in [0.717, 1.165) is 12.1 Å². The zero-order valence-corrected chi connectivity index (χ0v) is 10.3. The highest BCUT2D eigenvalue weighted by atomic mass is 35.5. The maximum Gasteiger partial charge on any atom is 0.338 e. The Morgan fingerprint density at radius 1 is 1.53 bits per heavy atom. The van der Waals surface area contributed by atoms with Gasteiger partial charge in [0.05, 0.1) is 33.9 Å². The summed E-state index contributed by atoms with van der Waals surface area (Å²) in [5.41, 5.74) is -0.882. The number of hydrogen-bond donors (Lipinski definition) is 4. The molecule has 0 radical (unpaired) electrons. The van der Waals surface area contributed by atoms with Gasteiger partial charge in [-0.2, -0.15) is 0 Å². The molecular formula is C10H11ClN2O6. The molecule has 0 aliphatic rings. The fraction of sp³-hybridized carbons (Fsp3) is 0.300. The summed E-state index contributed by atoms with van der Waals surface area (Å²) in [5.74, 6) is -1.40. The van der Waals surface area contributed by atoms with Crippen molar-refractivity contribution in [1.29, 1.82) is 0 Å².